The molecular weight excluding hydrogens is 246 g/mol. The van der Waals surface area contributed by atoms with Crippen LogP contribution < -0.4 is 10.9 Å². The van der Waals surface area contributed by atoms with Crippen molar-refractivity contribution < 1.29 is 0 Å². The summed E-state index contributed by atoms with van der Waals surface area (Å²) in [6.45, 7) is 6.06. The van der Waals surface area contributed by atoms with E-state index in [2.05, 4.69) is 15.3 Å². The molecule has 0 saturated carbocycles. The highest BCUT2D eigenvalue weighted by Gasteiger charge is 2.19. The summed E-state index contributed by atoms with van der Waals surface area (Å²) >= 11 is 1.62. The van der Waals surface area contributed by atoms with Crippen LogP contribution in [0.4, 0.5) is 0 Å². The average Bonchev–Trinajstić information content (AvgIpc) is 2.66. The van der Waals surface area contributed by atoms with E-state index in [1.807, 2.05) is 13.8 Å². The Bertz CT molecular complexity index is 637. The van der Waals surface area contributed by atoms with E-state index in [-0.39, 0.29) is 5.56 Å². The van der Waals surface area contributed by atoms with Gasteiger partial charge in [-0.25, -0.2) is 4.98 Å². The standard InChI is InChI=1S/C13H17N3OS/c1-7-8(2)18-13-10(7)12(17)15-11(16-13)9-3-5-14-6-4-9/h9,14H,3-6H2,1-2H3,(H,15,16,17). The predicted octanol–water partition coefficient (Wildman–Crippen LogP) is 2.07. The van der Waals surface area contributed by atoms with Gasteiger partial charge in [0.25, 0.3) is 5.56 Å². The van der Waals surface area contributed by atoms with Gasteiger partial charge in [0.1, 0.15) is 10.7 Å². The molecule has 2 aromatic rings. The number of nitrogens with one attached hydrogen (secondary N) is 2. The number of aromatic nitrogens is 2. The van der Waals surface area contributed by atoms with Gasteiger partial charge in [-0.2, -0.15) is 0 Å². The summed E-state index contributed by atoms with van der Waals surface area (Å²) in [5, 5.41) is 4.11. The molecule has 5 heteroatoms. The average molecular weight is 263 g/mol. The first-order valence-electron chi connectivity index (χ1n) is 6.37. The van der Waals surface area contributed by atoms with E-state index in [1.54, 1.807) is 11.3 Å². The van der Waals surface area contributed by atoms with Gasteiger partial charge in [0.15, 0.2) is 0 Å². The summed E-state index contributed by atoms with van der Waals surface area (Å²) in [6.07, 6.45) is 2.11. The normalized spacial score (nSPS) is 17.4. The molecule has 1 saturated heterocycles. The first-order valence-corrected chi connectivity index (χ1v) is 7.19. The molecule has 4 nitrogen and oxygen atoms in total. The second-order valence-corrected chi connectivity index (χ2v) is 6.14. The third-order valence-electron chi connectivity index (χ3n) is 3.78. The fourth-order valence-electron chi connectivity index (χ4n) is 2.56. The highest BCUT2D eigenvalue weighted by atomic mass is 32.1. The van der Waals surface area contributed by atoms with Crippen molar-refractivity contribution in [1.29, 1.82) is 0 Å². The Labute approximate surface area is 109 Å². The van der Waals surface area contributed by atoms with E-state index in [9.17, 15) is 4.79 Å². The molecule has 2 N–H and O–H groups in total. The summed E-state index contributed by atoms with van der Waals surface area (Å²) in [7, 11) is 0. The highest BCUT2D eigenvalue weighted by molar-refractivity contribution is 7.18. The highest BCUT2D eigenvalue weighted by Crippen LogP contribution is 2.28. The number of nitrogens with zero attached hydrogens (tertiary/aromatic N) is 1. The lowest BCUT2D eigenvalue weighted by Crippen LogP contribution is -2.28. The van der Waals surface area contributed by atoms with Crippen LogP contribution in [0, 0.1) is 13.8 Å². The van der Waals surface area contributed by atoms with Crippen LogP contribution in [0.25, 0.3) is 10.2 Å². The van der Waals surface area contributed by atoms with E-state index in [4.69, 9.17) is 0 Å². The van der Waals surface area contributed by atoms with Gasteiger partial charge in [0.05, 0.1) is 5.39 Å². The molecule has 0 amide bonds. The van der Waals surface area contributed by atoms with Crippen LogP contribution in [-0.2, 0) is 0 Å². The van der Waals surface area contributed by atoms with Crippen molar-refractivity contribution in [3.63, 3.8) is 0 Å². The van der Waals surface area contributed by atoms with Gasteiger partial charge >= 0.3 is 0 Å². The summed E-state index contributed by atoms with van der Waals surface area (Å²) in [6, 6.07) is 0. The van der Waals surface area contributed by atoms with E-state index in [0.29, 0.717) is 5.92 Å². The summed E-state index contributed by atoms with van der Waals surface area (Å²) in [5.41, 5.74) is 1.09. The van der Waals surface area contributed by atoms with Crippen molar-refractivity contribution in [2.45, 2.75) is 32.6 Å². The maximum Gasteiger partial charge on any atom is 0.259 e. The van der Waals surface area contributed by atoms with Crippen molar-refractivity contribution in [3.05, 3.63) is 26.6 Å². The summed E-state index contributed by atoms with van der Waals surface area (Å²) < 4.78 is 0. The lowest BCUT2D eigenvalue weighted by atomic mass is 9.97. The van der Waals surface area contributed by atoms with Crippen LogP contribution in [0.1, 0.15) is 35.0 Å². The molecule has 96 valence electrons. The molecule has 0 bridgehead atoms. The molecule has 3 heterocycles. The number of piperidine rings is 1. The molecule has 0 aliphatic carbocycles. The number of aryl methyl sites for hydroxylation is 2. The largest absolute Gasteiger partial charge is 0.317 e. The van der Waals surface area contributed by atoms with E-state index in [0.717, 1.165) is 47.5 Å². The zero-order chi connectivity index (χ0) is 12.7. The maximum absolute atomic E-state index is 12.2. The van der Waals surface area contributed by atoms with Crippen LogP contribution in [0.3, 0.4) is 0 Å². The van der Waals surface area contributed by atoms with Crippen molar-refractivity contribution in [3.8, 4) is 0 Å². The van der Waals surface area contributed by atoms with Crippen molar-refractivity contribution >= 4 is 21.6 Å². The predicted molar refractivity (Wildman–Crippen MR) is 74.6 cm³/mol. The number of fused-ring (bicyclic) bond motifs is 1. The number of H-pyrrole nitrogens is 1. The van der Waals surface area contributed by atoms with Gasteiger partial charge in [0, 0.05) is 10.8 Å². The minimum Gasteiger partial charge on any atom is -0.317 e. The van der Waals surface area contributed by atoms with Crippen LogP contribution >= 0.6 is 11.3 Å². The molecular formula is C13H17N3OS. The van der Waals surface area contributed by atoms with Gasteiger partial charge in [0.2, 0.25) is 0 Å². The summed E-state index contributed by atoms with van der Waals surface area (Å²) in [4.78, 5) is 21.9. The monoisotopic (exact) mass is 263 g/mol. The molecule has 0 aromatic carbocycles. The van der Waals surface area contributed by atoms with E-state index in [1.165, 1.54) is 4.88 Å². The Morgan fingerprint density at radius 2 is 2.00 bits per heavy atom. The molecule has 2 aromatic heterocycles. The molecule has 1 aliphatic heterocycles. The number of rotatable bonds is 1. The number of thiophene rings is 1. The van der Waals surface area contributed by atoms with Crippen LogP contribution in [0.5, 0.6) is 0 Å². The second-order valence-electron chi connectivity index (χ2n) is 4.94. The summed E-state index contributed by atoms with van der Waals surface area (Å²) in [5.74, 6) is 1.27. The maximum atomic E-state index is 12.2. The Kier molecular flexibility index (Phi) is 2.95. The quantitative estimate of drug-likeness (QED) is 0.828. The number of hydrogen-bond acceptors (Lipinski definition) is 4. The Balaban J connectivity index is 2.12. The van der Waals surface area contributed by atoms with E-state index >= 15 is 0 Å². The third-order valence-corrected chi connectivity index (χ3v) is 4.88. The second kappa shape index (κ2) is 4.48. The van der Waals surface area contributed by atoms with Gasteiger partial charge in [-0.3, -0.25) is 4.79 Å². The first-order chi connectivity index (χ1) is 8.66. The van der Waals surface area contributed by atoms with Crippen molar-refractivity contribution in [2.75, 3.05) is 13.1 Å². The Morgan fingerprint density at radius 1 is 1.28 bits per heavy atom. The molecule has 18 heavy (non-hydrogen) atoms. The fraction of sp³-hybridized carbons (Fsp3) is 0.538. The van der Waals surface area contributed by atoms with Gasteiger partial charge < -0.3 is 10.3 Å². The minimum atomic E-state index is 0.0235. The molecule has 0 unspecified atom stereocenters. The minimum absolute atomic E-state index is 0.0235. The smallest absolute Gasteiger partial charge is 0.259 e. The fourth-order valence-corrected chi connectivity index (χ4v) is 3.60. The molecule has 1 fully saturated rings. The molecule has 3 rings (SSSR count). The number of hydrogen-bond donors (Lipinski definition) is 2. The van der Waals surface area contributed by atoms with Gasteiger partial charge in [-0.1, -0.05) is 0 Å². The lowest BCUT2D eigenvalue weighted by molar-refractivity contribution is 0.445. The lowest BCUT2D eigenvalue weighted by Gasteiger charge is -2.21. The molecule has 0 atom stereocenters. The molecule has 0 spiro atoms. The third kappa shape index (κ3) is 1.87. The molecule has 0 radical (unpaired) electrons. The van der Waals surface area contributed by atoms with Crippen LogP contribution in [0.2, 0.25) is 0 Å². The van der Waals surface area contributed by atoms with Crippen LogP contribution in [-0.4, -0.2) is 23.1 Å². The van der Waals surface area contributed by atoms with Gasteiger partial charge in [-0.15, -0.1) is 11.3 Å². The SMILES string of the molecule is Cc1sc2nc(C3CCNCC3)[nH]c(=O)c2c1C. The van der Waals surface area contributed by atoms with E-state index < -0.39 is 0 Å². The Hall–Kier alpha value is -1.20. The van der Waals surface area contributed by atoms with Crippen molar-refractivity contribution in [1.82, 2.24) is 15.3 Å². The van der Waals surface area contributed by atoms with Gasteiger partial charge in [-0.05, 0) is 45.3 Å². The topological polar surface area (TPSA) is 57.8 Å². The van der Waals surface area contributed by atoms with Crippen molar-refractivity contribution in [2.24, 2.45) is 0 Å². The first kappa shape index (κ1) is 11.9. The molecule has 1 aliphatic rings. The zero-order valence-corrected chi connectivity index (χ0v) is 11.5. The van der Waals surface area contributed by atoms with Crippen LogP contribution in [0.15, 0.2) is 4.79 Å². The number of aromatic amines is 1. The Morgan fingerprint density at radius 3 is 2.72 bits per heavy atom. The zero-order valence-electron chi connectivity index (χ0n) is 10.7.